The Labute approximate surface area is 148 Å². The first-order chi connectivity index (χ1) is 12.0. The number of hydrogen-bond acceptors (Lipinski definition) is 4. The van der Waals surface area contributed by atoms with Crippen LogP contribution < -0.4 is 5.32 Å². The maximum Gasteiger partial charge on any atom is 0.355 e. The minimum Gasteiger partial charge on any atom is -0.461 e. The van der Waals surface area contributed by atoms with Gasteiger partial charge in [0, 0.05) is 37.7 Å². The highest BCUT2D eigenvalue weighted by atomic mass is 16.5. The second-order valence-electron chi connectivity index (χ2n) is 5.81. The summed E-state index contributed by atoms with van der Waals surface area (Å²) < 4.78 is 8.95. The van der Waals surface area contributed by atoms with Gasteiger partial charge in [-0.3, -0.25) is 4.79 Å². The molecule has 0 spiro atoms. The van der Waals surface area contributed by atoms with Crippen molar-refractivity contribution in [1.82, 2.24) is 19.4 Å². The zero-order valence-electron chi connectivity index (χ0n) is 15.3. The summed E-state index contributed by atoms with van der Waals surface area (Å²) in [6.07, 6.45) is 6.18. The molecule has 0 unspecified atom stereocenters. The number of ether oxygens (including phenoxy) is 1. The molecule has 0 bridgehead atoms. The van der Waals surface area contributed by atoms with E-state index in [2.05, 4.69) is 10.3 Å². The van der Waals surface area contributed by atoms with Gasteiger partial charge >= 0.3 is 5.97 Å². The normalized spacial score (nSPS) is 10.7. The standard InChI is InChI=1S/C18H26N4O3/c1-5-22-14(4)15(13(3)16(22)18(24)25-6-2)17(23)20-8-7-10-21-11-9-19-12-21/h9,11-12H,5-8,10H2,1-4H3,(H,20,23). The van der Waals surface area contributed by atoms with Crippen LogP contribution in [0, 0.1) is 13.8 Å². The molecule has 0 atom stereocenters. The lowest BCUT2D eigenvalue weighted by atomic mass is 10.1. The fourth-order valence-corrected chi connectivity index (χ4v) is 3.06. The molecule has 0 aromatic carbocycles. The largest absolute Gasteiger partial charge is 0.461 e. The van der Waals surface area contributed by atoms with Gasteiger partial charge in [0.25, 0.3) is 5.91 Å². The van der Waals surface area contributed by atoms with Crippen LogP contribution in [0.2, 0.25) is 0 Å². The van der Waals surface area contributed by atoms with Crippen LogP contribution in [0.5, 0.6) is 0 Å². The number of esters is 1. The van der Waals surface area contributed by atoms with Gasteiger partial charge in [-0.2, -0.15) is 0 Å². The zero-order valence-corrected chi connectivity index (χ0v) is 15.3. The Morgan fingerprint density at radius 2 is 2.04 bits per heavy atom. The predicted molar refractivity (Wildman–Crippen MR) is 94.7 cm³/mol. The Hall–Kier alpha value is -2.57. The van der Waals surface area contributed by atoms with E-state index in [0.29, 0.717) is 36.5 Å². The molecule has 0 fully saturated rings. The second kappa shape index (κ2) is 8.50. The average Bonchev–Trinajstić information content (AvgIpc) is 3.17. The third-order valence-corrected chi connectivity index (χ3v) is 4.22. The molecule has 2 aromatic rings. The Bertz CT molecular complexity index is 732. The van der Waals surface area contributed by atoms with E-state index in [1.54, 1.807) is 26.4 Å². The summed E-state index contributed by atoms with van der Waals surface area (Å²) in [4.78, 5) is 28.8. The molecule has 0 aliphatic heterocycles. The summed E-state index contributed by atoms with van der Waals surface area (Å²) in [6.45, 7) is 9.64. The molecule has 7 heteroatoms. The number of aromatic nitrogens is 3. The van der Waals surface area contributed by atoms with Gasteiger partial charge < -0.3 is 19.2 Å². The molecule has 0 aliphatic rings. The molecular weight excluding hydrogens is 320 g/mol. The summed E-state index contributed by atoms with van der Waals surface area (Å²) in [5.41, 5.74) is 2.48. The van der Waals surface area contributed by atoms with E-state index in [1.165, 1.54) is 0 Å². The first kappa shape index (κ1) is 18.8. The van der Waals surface area contributed by atoms with Gasteiger partial charge in [0.15, 0.2) is 0 Å². The molecule has 2 aromatic heterocycles. The van der Waals surface area contributed by atoms with Crippen molar-refractivity contribution in [3.8, 4) is 0 Å². The molecule has 0 saturated heterocycles. The minimum absolute atomic E-state index is 0.154. The van der Waals surface area contributed by atoms with E-state index in [-0.39, 0.29) is 11.9 Å². The number of nitrogens with zero attached hydrogens (tertiary/aromatic N) is 3. The van der Waals surface area contributed by atoms with Crippen LogP contribution in [0.3, 0.4) is 0 Å². The number of rotatable bonds is 8. The lowest BCUT2D eigenvalue weighted by Gasteiger charge is -2.08. The summed E-state index contributed by atoms with van der Waals surface area (Å²) in [7, 11) is 0. The first-order valence-electron chi connectivity index (χ1n) is 8.61. The molecule has 136 valence electrons. The molecular formula is C18H26N4O3. The third-order valence-electron chi connectivity index (χ3n) is 4.22. The first-order valence-corrected chi connectivity index (χ1v) is 8.61. The molecule has 25 heavy (non-hydrogen) atoms. The van der Waals surface area contributed by atoms with Crippen molar-refractivity contribution < 1.29 is 14.3 Å². The van der Waals surface area contributed by atoms with Crippen LogP contribution in [0.25, 0.3) is 0 Å². The van der Waals surface area contributed by atoms with E-state index in [9.17, 15) is 9.59 Å². The van der Waals surface area contributed by atoms with Gasteiger partial charge in [-0.05, 0) is 39.7 Å². The maximum absolute atomic E-state index is 12.6. The Morgan fingerprint density at radius 3 is 2.64 bits per heavy atom. The third kappa shape index (κ3) is 4.10. The van der Waals surface area contributed by atoms with Crippen molar-refractivity contribution in [1.29, 1.82) is 0 Å². The van der Waals surface area contributed by atoms with E-state index < -0.39 is 0 Å². The number of hydrogen-bond donors (Lipinski definition) is 1. The van der Waals surface area contributed by atoms with Crippen LogP contribution in [-0.4, -0.2) is 39.1 Å². The number of imidazole rings is 1. The smallest absolute Gasteiger partial charge is 0.355 e. The topological polar surface area (TPSA) is 78.2 Å². The number of nitrogens with one attached hydrogen (secondary N) is 1. The molecule has 0 saturated carbocycles. The summed E-state index contributed by atoms with van der Waals surface area (Å²) >= 11 is 0. The molecule has 7 nitrogen and oxygen atoms in total. The Morgan fingerprint density at radius 1 is 1.28 bits per heavy atom. The van der Waals surface area contributed by atoms with Crippen molar-refractivity contribution in [2.24, 2.45) is 0 Å². The van der Waals surface area contributed by atoms with Crippen molar-refractivity contribution in [3.05, 3.63) is 41.2 Å². The quantitative estimate of drug-likeness (QED) is 0.588. The number of amides is 1. The van der Waals surface area contributed by atoms with Gasteiger partial charge in [-0.15, -0.1) is 0 Å². The van der Waals surface area contributed by atoms with Gasteiger partial charge in [-0.1, -0.05) is 0 Å². The maximum atomic E-state index is 12.6. The van der Waals surface area contributed by atoms with Crippen LogP contribution in [0.1, 0.15) is 52.4 Å². The Balaban J connectivity index is 2.09. The molecule has 2 heterocycles. The molecule has 0 aliphatic carbocycles. The number of aryl methyl sites for hydroxylation is 1. The summed E-state index contributed by atoms with van der Waals surface area (Å²) in [5.74, 6) is -0.539. The van der Waals surface area contributed by atoms with Crippen molar-refractivity contribution >= 4 is 11.9 Å². The van der Waals surface area contributed by atoms with Crippen LogP contribution >= 0.6 is 0 Å². The van der Waals surface area contributed by atoms with Crippen molar-refractivity contribution in [2.45, 2.75) is 47.2 Å². The van der Waals surface area contributed by atoms with Gasteiger partial charge in [-0.25, -0.2) is 9.78 Å². The van der Waals surface area contributed by atoms with Crippen LogP contribution in [0.4, 0.5) is 0 Å². The summed E-state index contributed by atoms with van der Waals surface area (Å²) in [6, 6.07) is 0. The molecule has 1 amide bonds. The fraction of sp³-hybridized carbons (Fsp3) is 0.500. The van der Waals surface area contributed by atoms with Crippen LogP contribution in [-0.2, 0) is 17.8 Å². The van der Waals surface area contributed by atoms with Gasteiger partial charge in [0.1, 0.15) is 5.69 Å². The van der Waals surface area contributed by atoms with Gasteiger partial charge in [0.05, 0.1) is 18.5 Å². The summed E-state index contributed by atoms with van der Waals surface area (Å²) in [5, 5.41) is 2.94. The lowest BCUT2D eigenvalue weighted by Crippen LogP contribution is -2.26. The van der Waals surface area contributed by atoms with E-state index in [1.807, 2.05) is 29.2 Å². The van der Waals surface area contributed by atoms with Crippen LogP contribution in [0.15, 0.2) is 18.7 Å². The predicted octanol–water partition coefficient (Wildman–Crippen LogP) is 2.32. The average molecular weight is 346 g/mol. The molecule has 1 N–H and O–H groups in total. The zero-order chi connectivity index (χ0) is 18.4. The number of carbonyl (C=O) groups excluding carboxylic acids is 2. The van der Waals surface area contributed by atoms with E-state index in [0.717, 1.165) is 18.7 Å². The van der Waals surface area contributed by atoms with Crippen molar-refractivity contribution in [3.63, 3.8) is 0 Å². The van der Waals surface area contributed by atoms with E-state index >= 15 is 0 Å². The highest BCUT2D eigenvalue weighted by Gasteiger charge is 2.26. The lowest BCUT2D eigenvalue weighted by molar-refractivity contribution is 0.0512. The Kier molecular flexibility index (Phi) is 6.38. The van der Waals surface area contributed by atoms with Crippen molar-refractivity contribution in [2.75, 3.05) is 13.2 Å². The number of carbonyl (C=O) groups is 2. The molecule has 0 radical (unpaired) electrons. The monoisotopic (exact) mass is 346 g/mol. The minimum atomic E-state index is -0.385. The fourth-order valence-electron chi connectivity index (χ4n) is 3.06. The SMILES string of the molecule is CCOC(=O)c1c(C)c(C(=O)NCCCn2ccnc2)c(C)n1CC. The highest BCUT2D eigenvalue weighted by molar-refractivity contribution is 6.01. The highest BCUT2D eigenvalue weighted by Crippen LogP contribution is 2.23. The molecule has 2 rings (SSSR count). The van der Waals surface area contributed by atoms with Gasteiger partial charge in [0.2, 0.25) is 0 Å². The van der Waals surface area contributed by atoms with E-state index in [4.69, 9.17) is 4.74 Å². The second-order valence-corrected chi connectivity index (χ2v) is 5.81.